The number of methoxy groups -OCH3 is 3. The lowest BCUT2D eigenvalue weighted by Crippen LogP contribution is -2.63. The molecule has 196 valence electrons. The number of hydrogen-bond donors (Lipinski definition) is 3. The van der Waals surface area contributed by atoms with Gasteiger partial charge in [0, 0.05) is 27.4 Å². The van der Waals surface area contributed by atoms with Crippen molar-refractivity contribution in [3.8, 4) is 0 Å². The summed E-state index contributed by atoms with van der Waals surface area (Å²) in [6.45, 7) is 3.76. The Balaban J connectivity index is 0.00000142. The normalized spacial score (nSPS) is 12.5. The van der Waals surface area contributed by atoms with Crippen LogP contribution in [0.2, 0.25) is 0 Å². The first-order valence-electron chi connectivity index (χ1n) is 12.6. The molecule has 35 heavy (non-hydrogen) atoms. The highest BCUT2D eigenvalue weighted by Gasteiger charge is 2.57. The first kappa shape index (κ1) is 30.8. The van der Waals surface area contributed by atoms with Gasteiger partial charge in [-0.1, -0.05) is 99.7 Å². The third kappa shape index (κ3) is 9.37. The molecule has 0 bridgehead atoms. The summed E-state index contributed by atoms with van der Waals surface area (Å²) in [5.41, 5.74) is 13.5. The fourth-order valence-electron chi connectivity index (χ4n) is 4.79. The number of benzene rings is 2. The maximum Gasteiger partial charge on any atom is 0.290 e. The molecule has 0 aliphatic rings. The van der Waals surface area contributed by atoms with Gasteiger partial charge in [-0.15, -0.1) is 0 Å². The Labute approximate surface area is 212 Å². The van der Waals surface area contributed by atoms with Crippen molar-refractivity contribution in [3.05, 3.63) is 71.8 Å². The molecule has 0 saturated carbocycles. The quantitative estimate of drug-likeness (QED) is 0.130. The van der Waals surface area contributed by atoms with E-state index in [2.05, 4.69) is 55.5 Å². The van der Waals surface area contributed by atoms with Crippen LogP contribution in [0.1, 0.15) is 63.5 Å². The van der Waals surface area contributed by atoms with Gasteiger partial charge in [0.25, 0.3) is 5.97 Å². The molecule has 6 heteroatoms. The number of hydrogen-bond acceptors (Lipinski definition) is 5. The summed E-state index contributed by atoms with van der Waals surface area (Å²) >= 11 is 0. The highest BCUT2D eigenvalue weighted by atomic mass is 16.9. The lowest BCUT2D eigenvalue weighted by atomic mass is 9.67. The van der Waals surface area contributed by atoms with Gasteiger partial charge in [0.2, 0.25) is 0 Å². The van der Waals surface area contributed by atoms with E-state index in [-0.39, 0.29) is 11.9 Å². The predicted octanol–water partition coefficient (Wildman–Crippen LogP) is 5.68. The van der Waals surface area contributed by atoms with Crippen LogP contribution in [0.25, 0.3) is 0 Å². The van der Waals surface area contributed by atoms with E-state index in [0.29, 0.717) is 12.8 Å². The van der Waals surface area contributed by atoms with E-state index in [4.69, 9.17) is 31.1 Å². The predicted molar refractivity (Wildman–Crippen MR) is 145 cm³/mol. The molecular weight excluding hydrogens is 438 g/mol. The van der Waals surface area contributed by atoms with Gasteiger partial charge < -0.3 is 25.7 Å². The molecule has 0 aromatic heterocycles. The second-order valence-electron chi connectivity index (χ2n) is 9.14. The molecular formula is C29H47N3O3. The fraction of sp³-hybridized carbons (Fsp3) is 0.552. The third-order valence-corrected chi connectivity index (χ3v) is 6.47. The lowest BCUT2D eigenvalue weighted by Gasteiger charge is -2.50. The van der Waals surface area contributed by atoms with Crippen LogP contribution in [-0.2, 0) is 27.1 Å². The van der Waals surface area contributed by atoms with Gasteiger partial charge in [-0.05, 0) is 37.3 Å². The first-order valence-corrected chi connectivity index (χ1v) is 12.6. The van der Waals surface area contributed by atoms with Crippen molar-refractivity contribution in [2.75, 3.05) is 21.3 Å². The summed E-state index contributed by atoms with van der Waals surface area (Å²) in [5.74, 6) is -1.10. The number of ether oxygens (including phenoxy) is 3. The maximum atomic E-state index is 7.04. The monoisotopic (exact) mass is 485 g/mol. The molecule has 0 radical (unpaired) electrons. The molecule has 0 fully saturated rings. The van der Waals surface area contributed by atoms with Crippen LogP contribution in [0, 0.1) is 10.8 Å². The molecule has 1 unspecified atom stereocenters. The van der Waals surface area contributed by atoms with Gasteiger partial charge in [0.1, 0.15) is 0 Å². The third-order valence-electron chi connectivity index (χ3n) is 6.47. The molecule has 6 nitrogen and oxygen atoms in total. The van der Waals surface area contributed by atoms with Crippen molar-refractivity contribution in [1.29, 1.82) is 5.41 Å². The van der Waals surface area contributed by atoms with Crippen molar-refractivity contribution in [2.24, 2.45) is 16.9 Å². The van der Waals surface area contributed by atoms with Crippen molar-refractivity contribution in [3.63, 3.8) is 0 Å². The average Bonchev–Trinajstić information content (AvgIpc) is 2.86. The minimum Gasteiger partial charge on any atom is -0.388 e. The van der Waals surface area contributed by atoms with Gasteiger partial charge in [0.05, 0.1) is 11.3 Å². The van der Waals surface area contributed by atoms with E-state index < -0.39 is 11.4 Å². The fourth-order valence-corrected chi connectivity index (χ4v) is 4.79. The van der Waals surface area contributed by atoms with E-state index in [1.54, 1.807) is 21.3 Å². The number of rotatable bonds is 15. The summed E-state index contributed by atoms with van der Waals surface area (Å²) in [6.07, 6.45) is 8.29. The van der Waals surface area contributed by atoms with Crippen LogP contribution < -0.4 is 11.5 Å². The molecule has 0 heterocycles. The SMILES string of the molecule is CC(=N)N.CCCCCCCC(N)C(Cc1ccccc1)(Cc1ccccc1)C(OC)(OC)OC. The Hall–Kier alpha value is -2.25. The standard InChI is InChI=1S/C27H41NO3.C2H6N2/c1-5-6-7-8-15-20-25(28)26(27(29-2,30-3)31-4,21-23-16-11-9-12-17-23)22-24-18-13-10-14-19-24;1-2(3)4/h9-14,16-19,25H,5-8,15,20-22,28H2,1-4H3;1H3,(H3,3,4). The van der Waals surface area contributed by atoms with E-state index in [1.165, 1.54) is 43.7 Å². The average molecular weight is 486 g/mol. The molecule has 0 amide bonds. The van der Waals surface area contributed by atoms with E-state index >= 15 is 0 Å². The second-order valence-corrected chi connectivity index (χ2v) is 9.14. The Morgan fingerprint density at radius 1 is 0.800 bits per heavy atom. The Kier molecular flexibility index (Phi) is 14.4. The number of nitrogens with one attached hydrogen (secondary N) is 1. The molecule has 1 atom stereocenters. The zero-order chi connectivity index (χ0) is 26.2. The molecule has 2 aromatic rings. The van der Waals surface area contributed by atoms with Gasteiger partial charge in [-0.2, -0.15) is 0 Å². The summed E-state index contributed by atoms with van der Waals surface area (Å²) < 4.78 is 18.0. The molecule has 0 spiro atoms. The summed E-state index contributed by atoms with van der Waals surface area (Å²) in [5, 5.41) is 6.28. The second kappa shape index (κ2) is 16.4. The van der Waals surface area contributed by atoms with Crippen LogP contribution in [0.15, 0.2) is 60.7 Å². The van der Waals surface area contributed by atoms with E-state index in [9.17, 15) is 0 Å². The Morgan fingerprint density at radius 3 is 1.57 bits per heavy atom. The number of amidine groups is 1. The summed E-state index contributed by atoms with van der Waals surface area (Å²) in [4.78, 5) is 0. The molecule has 2 rings (SSSR count). The van der Waals surface area contributed by atoms with Crippen LogP contribution >= 0.6 is 0 Å². The van der Waals surface area contributed by atoms with Crippen LogP contribution in [0.4, 0.5) is 0 Å². The van der Waals surface area contributed by atoms with Gasteiger partial charge in [-0.3, -0.25) is 5.41 Å². The van der Waals surface area contributed by atoms with Gasteiger partial charge in [-0.25, -0.2) is 0 Å². The minimum absolute atomic E-state index is 0.167. The highest BCUT2D eigenvalue weighted by molar-refractivity contribution is 5.73. The van der Waals surface area contributed by atoms with Crippen molar-refractivity contribution in [2.45, 2.75) is 77.2 Å². The smallest absolute Gasteiger partial charge is 0.290 e. The van der Waals surface area contributed by atoms with Crippen LogP contribution in [-0.4, -0.2) is 39.2 Å². The number of unbranched alkanes of at least 4 members (excludes halogenated alkanes) is 4. The van der Waals surface area contributed by atoms with E-state index in [1.807, 2.05) is 12.1 Å². The molecule has 0 saturated heterocycles. The van der Waals surface area contributed by atoms with Crippen molar-refractivity contribution in [1.82, 2.24) is 0 Å². The van der Waals surface area contributed by atoms with Gasteiger partial charge in [0.15, 0.2) is 0 Å². The summed E-state index contributed by atoms with van der Waals surface area (Å²) in [6, 6.07) is 20.7. The van der Waals surface area contributed by atoms with Crippen LogP contribution in [0.5, 0.6) is 0 Å². The Bertz CT molecular complexity index is 757. The topological polar surface area (TPSA) is 104 Å². The largest absolute Gasteiger partial charge is 0.388 e. The zero-order valence-electron chi connectivity index (χ0n) is 22.4. The Morgan fingerprint density at radius 2 is 1.20 bits per heavy atom. The van der Waals surface area contributed by atoms with E-state index in [0.717, 1.165) is 12.8 Å². The first-order chi connectivity index (χ1) is 16.8. The molecule has 2 aromatic carbocycles. The van der Waals surface area contributed by atoms with Crippen molar-refractivity contribution < 1.29 is 14.2 Å². The highest BCUT2D eigenvalue weighted by Crippen LogP contribution is 2.45. The molecule has 5 N–H and O–H groups in total. The van der Waals surface area contributed by atoms with Gasteiger partial charge >= 0.3 is 0 Å². The molecule has 0 aliphatic heterocycles. The maximum absolute atomic E-state index is 7.04. The van der Waals surface area contributed by atoms with Crippen molar-refractivity contribution >= 4 is 5.84 Å². The molecule has 0 aliphatic carbocycles. The van der Waals surface area contributed by atoms with Crippen LogP contribution in [0.3, 0.4) is 0 Å². The lowest BCUT2D eigenvalue weighted by molar-refractivity contribution is -0.411. The zero-order valence-corrected chi connectivity index (χ0v) is 22.4. The minimum atomic E-state index is -1.26. The summed E-state index contributed by atoms with van der Waals surface area (Å²) in [7, 11) is 4.93. The number of nitrogens with two attached hydrogens (primary N) is 2.